The van der Waals surface area contributed by atoms with Gasteiger partial charge in [-0.05, 0) is 37.1 Å². The van der Waals surface area contributed by atoms with Gasteiger partial charge in [-0.15, -0.1) is 0 Å². The summed E-state index contributed by atoms with van der Waals surface area (Å²) in [4.78, 5) is 75.2. The quantitative estimate of drug-likeness (QED) is 0.0199. The average Bonchev–Trinajstić information content (AvgIpc) is 3.51. The molecule has 0 bridgehead atoms. The Kier molecular flexibility index (Phi) is 19.8. The molecule has 326 valence electrons. The molecule has 0 saturated carbocycles. The maximum Gasteiger partial charge on any atom is 0.335 e. The van der Waals surface area contributed by atoms with E-state index >= 15 is 0 Å². The number of carboxylic acid groups (broad SMARTS) is 1. The molecule has 12 N–H and O–H groups in total. The molecule has 4 amide bonds. The summed E-state index contributed by atoms with van der Waals surface area (Å²) in [5.74, 6) is -4.42. The molecule has 3 rings (SSSR count). The zero-order valence-electron chi connectivity index (χ0n) is 32.4. The van der Waals surface area contributed by atoms with Crippen LogP contribution >= 0.6 is 0 Å². The first-order valence-corrected chi connectivity index (χ1v) is 18.9. The fraction of sp³-hybridized carbons (Fsp3) is 0.667. The Morgan fingerprint density at radius 1 is 0.983 bits per heavy atom. The minimum absolute atomic E-state index is 0.0418. The maximum atomic E-state index is 13.4. The minimum atomic E-state index is -1.97. The summed E-state index contributed by atoms with van der Waals surface area (Å²) in [6.45, 7) is 1.45. The van der Waals surface area contributed by atoms with Crippen molar-refractivity contribution in [2.45, 2.75) is 120 Å². The van der Waals surface area contributed by atoms with Gasteiger partial charge in [-0.25, -0.2) is 4.79 Å². The van der Waals surface area contributed by atoms with Crippen LogP contribution < -0.4 is 31.7 Å². The zero-order valence-corrected chi connectivity index (χ0v) is 32.4. The number of amides is 4. The highest BCUT2D eigenvalue weighted by atomic mass is 16.7. The standard InChI is InChI=1S/C36H56N6O16/c1-19(43)56-18-20-6-7-24(57-36-32(51)30(49)31(50)33(58-36)35(53)54)23(15-20)41-26(45)10-13-39-34(52)22(5-3-4-12-38-25(44)11-14-55-2)40-27(46)16-21(17-37)42-28(47)8-9-29(42)48/h6-7,15,21-22,25,27,30-33,36,38,40,44,46,49-51H,3-5,8-14,16-18,37H2,1-2H3,(H,39,52)(H,41,45)(H,53,54)/t21-,22-,25+,27+,30-,31-,32+,33-,36+/m0/s1. The second-order valence-electron chi connectivity index (χ2n) is 13.8. The lowest BCUT2D eigenvalue weighted by atomic mass is 9.99. The van der Waals surface area contributed by atoms with Crippen LogP contribution in [0.1, 0.15) is 63.9 Å². The van der Waals surface area contributed by atoms with Crippen LogP contribution in [-0.4, -0.2) is 160 Å². The van der Waals surface area contributed by atoms with Gasteiger partial charge in [0.05, 0.1) is 17.8 Å². The number of carboxylic acids is 1. The highest BCUT2D eigenvalue weighted by Crippen LogP contribution is 2.31. The molecule has 58 heavy (non-hydrogen) atoms. The normalized spacial score (nSPS) is 22.8. The van der Waals surface area contributed by atoms with Gasteiger partial charge in [0.25, 0.3) is 0 Å². The van der Waals surface area contributed by atoms with Crippen molar-refractivity contribution in [2.24, 2.45) is 5.73 Å². The van der Waals surface area contributed by atoms with Gasteiger partial charge in [0.2, 0.25) is 29.9 Å². The maximum absolute atomic E-state index is 13.4. The number of rotatable bonds is 25. The summed E-state index contributed by atoms with van der Waals surface area (Å²) >= 11 is 0. The van der Waals surface area contributed by atoms with Gasteiger partial charge in [0.15, 0.2) is 6.10 Å². The number of carbonyl (C=O) groups excluding carboxylic acids is 5. The van der Waals surface area contributed by atoms with Crippen LogP contribution in [0.2, 0.25) is 0 Å². The summed E-state index contributed by atoms with van der Waals surface area (Å²) in [6, 6.07) is 2.32. The molecule has 2 heterocycles. The lowest BCUT2D eigenvalue weighted by Gasteiger charge is -2.38. The van der Waals surface area contributed by atoms with Gasteiger partial charge < -0.3 is 66.0 Å². The van der Waals surface area contributed by atoms with Crippen molar-refractivity contribution < 1.29 is 78.4 Å². The number of aliphatic carboxylic acids is 1. The van der Waals surface area contributed by atoms with E-state index in [9.17, 15) is 59.4 Å². The van der Waals surface area contributed by atoms with Crippen molar-refractivity contribution in [3.8, 4) is 5.75 Å². The number of aliphatic hydroxyl groups is 5. The molecule has 0 aromatic heterocycles. The Labute approximate surface area is 334 Å². The Hall–Kier alpha value is -4.36. The second-order valence-corrected chi connectivity index (χ2v) is 13.8. The number of imide groups is 1. The molecule has 2 fully saturated rings. The highest BCUT2D eigenvalue weighted by molar-refractivity contribution is 6.02. The second kappa shape index (κ2) is 23.9. The number of esters is 1. The Morgan fingerprint density at radius 3 is 2.33 bits per heavy atom. The van der Waals surface area contributed by atoms with Crippen LogP contribution in [0, 0.1) is 0 Å². The fourth-order valence-electron chi connectivity index (χ4n) is 6.19. The van der Waals surface area contributed by atoms with Crippen molar-refractivity contribution >= 4 is 41.3 Å². The van der Waals surface area contributed by atoms with E-state index in [0.29, 0.717) is 38.0 Å². The smallest absolute Gasteiger partial charge is 0.335 e. The summed E-state index contributed by atoms with van der Waals surface area (Å²) in [6.07, 6.45) is -10.5. The number of carbonyl (C=O) groups is 6. The summed E-state index contributed by atoms with van der Waals surface area (Å²) in [5, 5.41) is 72.0. The number of unbranched alkanes of at least 4 members (excludes halogenated alkanes) is 1. The van der Waals surface area contributed by atoms with Gasteiger partial charge in [-0.1, -0.05) is 12.5 Å². The van der Waals surface area contributed by atoms with E-state index in [4.69, 9.17) is 24.7 Å². The van der Waals surface area contributed by atoms with Crippen LogP contribution in [0.15, 0.2) is 18.2 Å². The molecule has 2 saturated heterocycles. The highest BCUT2D eigenvalue weighted by Gasteiger charge is 2.48. The van der Waals surface area contributed by atoms with Crippen molar-refractivity contribution in [2.75, 3.05) is 38.7 Å². The number of benzene rings is 1. The van der Waals surface area contributed by atoms with Crippen LogP contribution in [0.25, 0.3) is 0 Å². The van der Waals surface area contributed by atoms with Crippen molar-refractivity contribution in [1.29, 1.82) is 0 Å². The number of ether oxygens (including phenoxy) is 4. The molecular formula is C36H56N6O16. The van der Waals surface area contributed by atoms with Crippen LogP contribution in [0.4, 0.5) is 5.69 Å². The third-order valence-electron chi connectivity index (χ3n) is 9.30. The largest absolute Gasteiger partial charge is 0.479 e. The molecule has 22 heteroatoms. The first-order valence-electron chi connectivity index (χ1n) is 18.9. The van der Waals surface area contributed by atoms with Gasteiger partial charge >= 0.3 is 11.9 Å². The monoisotopic (exact) mass is 828 g/mol. The molecule has 0 unspecified atom stereocenters. The number of nitrogens with two attached hydrogens (primary N) is 1. The first kappa shape index (κ1) is 48.0. The third kappa shape index (κ3) is 14.8. The van der Waals surface area contributed by atoms with Crippen molar-refractivity contribution in [1.82, 2.24) is 20.9 Å². The van der Waals surface area contributed by atoms with E-state index < -0.39 is 90.8 Å². The van der Waals surface area contributed by atoms with Gasteiger partial charge in [-0.3, -0.25) is 39.5 Å². The molecule has 0 spiro atoms. The predicted octanol–water partition coefficient (Wildman–Crippen LogP) is -3.28. The lowest BCUT2D eigenvalue weighted by Crippen LogP contribution is -2.61. The number of nitrogens with one attached hydrogen (secondary N) is 4. The molecule has 0 radical (unpaired) electrons. The Morgan fingerprint density at radius 2 is 1.69 bits per heavy atom. The number of likely N-dealkylation sites (tertiary alicyclic amines) is 1. The molecule has 1 aromatic rings. The van der Waals surface area contributed by atoms with Crippen LogP contribution in [-0.2, 0) is 49.6 Å². The molecular weight excluding hydrogens is 772 g/mol. The zero-order chi connectivity index (χ0) is 42.9. The molecule has 9 atom stereocenters. The number of anilines is 1. The summed E-state index contributed by atoms with van der Waals surface area (Å²) in [7, 11) is 1.52. The predicted molar refractivity (Wildman–Crippen MR) is 199 cm³/mol. The van der Waals surface area contributed by atoms with Crippen molar-refractivity contribution in [3.05, 3.63) is 23.8 Å². The molecule has 2 aliphatic heterocycles. The van der Waals surface area contributed by atoms with E-state index in [-0.39, 0.29) is 63.2 Å². The van der Waals surface area contributed by atoms with Crippen LogP contribution in [0.5, 0.6) is 5.75 Å². The fourth-order valence-corrected chi connectivity index (χ4v) is 6.19. The van der Waals surface area contributed by atoms with Gasteiger partial charge in [0.1, 0.15) is 43.1 Å². The SMILES string of the molecule is COCC[C@@H](O)NCCCC[C@H](N[C@H](O)C[C@@H](CN)N1C(=O)CCC1=O)C(=O)NCCC(=O)Nc1cc(COC(C)=O)ccc1O[C@@H]1O[C@H](C(=O)O)[C@@H](O)[C@H](O)[C@H]1O. The average molecular weight is 829 g/mol. The molecule has 2 aliphatic rings. The van der Waals surface area contributed by atoms with Crippen molar-refractivity contribution in [3.63, 3.8) is 0 Å². The van der Waals surface area contributed by atoms with Crippen LogP contribution in [0.3, 0.4) is 0 Å². The van der Waals surface area contributed by atoms with E-state index in [2.05, 4.69) is 21.3 Å². The van der Waals surface area contributed by atoms with E-state index in [0.717, 1.165) is 4.90 Å². The van der Waals surface area contributed by atoms with Gasteiger partial charge in [0, 0.05) is 65.8 Å². The van der Waals surface area contributed by atoms with E-state index in [1.807, 2.05) is 0 Å². The van der Waals surface area contributed by atoms with Gasteiger partial charge in [-0.2, -0.15) is 0 Å². The number of hydrogen-bond donors (Lipinski definition) is 11. The summed E-state index contributed by atoms with van der Waals surface area (Å²) < 4.78 is 20.8. The topological polar surface area (TPSA) is 338 Å². The lowest BCUT2D eigenvalue weighted by molar-refractivity contribution is -0.271. The Bertz CT molecular complexity index is 1540. The summed E-state index contributed by atoms with van der Waals surface area (Å²) in [5.41, 5.74) is 6.18. The number of aliphatic hydroxyl groups excluding tert-OH is 5. The molecule has 22 nitrogen and oxygen atoms in total. The molecule has 0 aliphatic carbocycles. The Balaban J connectivity index is 1.67. The third-order valence-corrected chi connectivity index (χ3v) is 9.30. The molecule has 1 aromatic carbocycles. The minimum Gasteiger partial charge on any atom is -0.479 e. The number of hydrogen-bond acceptors (Lipinski definition) is 18. The number of nitrogens with zero attached hydrogens (tertiary/aromatic N) is 1. The number of methoxy groups -OCH3 is 1. The van der Waals surface area contributed by atoms with E-state index in [1.165, 1.54) is 32.2 Å². The van der Waals surface area contributed by atoms with E-state index in [1.54, 1.807) is 0 Å². The first-order chi connectivity index (χ1) is 27.6.